The van der Waals surface area contributed by atoms with E-state index < -0.39 is 0 Å². The minimum Gasteiger partial charge on any atom is -0.507 e. The van der Waals surface area contributed by atoms with Gasteiger partial charge in [-0.05, 0) is 38.8 Å². The number of carbonyl (C=O) groups excluding carboxylic acids is 1. The summed E-state index contributed by atoms with van der Waals surface area (Å²) in [7, 11) is 0. The zero-order valence-electron chi connectivity index (χ0n) is 10.7. The molecule has 0 radical (unpaired) electrons. The summed E-state index contributed by atoms with van der Waals surface area (Å²) in [6, 6.07) is 3.30. The molecule has 1 unspecified atom stereocenters. The summed E-state index contributed by atoms with van der Waals surface area (Å²) in [6.07, 6.45) is 2.75. The number of carbonyl (C=O) groups is 1. The second kappa shape index (κ2) is 5.40. The lowest BCUT2D eigenvalue weighted by Gasteiger charge is -2.24. The van der Waals surface area contributed by atoms with Crippen LogP contribution in [0.2, 0.25) is 0 Å². The summed E-state index contributed by atoms with van der Waals surface area (Å²) in [5, 5.41) is 9.94. The molecule has 0 spiro atoms. The zero-order valence-corrected chi connectivity index (χ0v) is 10.7. The fourth-order valence-electron chi connectivity index (χ4n) is 2.04. The monoisotopic (exact) mass is 250 g/mol. The number of hydrogen-bond donors (Lipinski definition) is 1. The molecule has 1 aromatic rings. The van der Waals surface area contributed by atoms with Crippen molar-refractivity contribution in [3.63, 3.8) is 0 Å². The highest BCUT2D eigenvalue weighted by atomic mass is 16.7. The molecule has 0 aliphatic carbocycles. The van der Waals surface area contributed by atoms with Crippen LogP contribution < -0.4 is 4.74 Å². The molecule has 0 bridgehead atoms. The quantitative estimate of drug-likeness (QED) is 0.838. The largest absolute Gasteiger partial charge is 0.507 e. The lowest BCUT2D eigenvalue weighted by Crippen LogP contribution is -2.25. The third-order valence-electron chi connectivity index (χ3n) is 3.16. The van der Waals surface area contributed by atoms with Gasteiger partial charge in [0.25, 0.3) is 0 Å². The minimum atomic E-state index is -0.250. The first-order valence-corrected chi connectivity index (χ1v) is 6.21. The van der Waals surface area contributed by atoms with Crippen LogP contribution in [0.1, 0.15) is 42.1 Å². The second-order valence-corrected chi connectivity index (χ2v) is 4.56. The van der Waals surface area contributed by atoms with Crippen LogP contribution in [0.4, 0.5) is 0 Å². The number of hydrogen-bond acceptors (Lipinski definition) is 4. The van der Waals surface area contributed by atoms with Gasteiger partial charge in [0.1, 0.15) is 11.5 Å². The Hall–Kier alpha value is -1.55. The van der Waals surface area contributed by atoms with Crippen LogP contribution >= 0.6 is 0 Å². The predicted molar refractivity (Wildman–Crippen MR) is 67.1 cm³/mol. The zero-order chi connectivity index (χ0) is 13.1. The highest BCUT2D eigenvalue weighted by Crippen LogP contribution is 2.32. The molecule has 1 heterocycles. The molecule has 1 aromatic carbocycles. The molecular formula is C14H18O4. The molecule has 18 heavy (non-hydrogen) atoms. The van der Waals surface area contributed by atoms with E-state index in [1.165, 1.54) is 6.92 Å². The molecule has 0 aromatic heterocycles. The van der Waals surface area contributed by atoms with Gasteiger partial charge in [0.05, 0.1) is 12.2 Å². The van der Waals surface area contributed by atoms with Gasteiger partial charge in [-0.3, -0.25) is 4.79 Å². The standard InChI is InChI=1S/C14H18O4/c1-9-12(18-13-5-3-4-8-17-13)7-6-11(10(2)15)14(9)16/h6-7,13,16H,3-5,8H2,1-2H3. The maximum Gasteiger partial charge on any atom is 0.199 e. The van der Waals surface area contributed by atoms with Gasteiger partial charge in [-0.15, -0.1) is 0 Å². The van der Waals surface area contributed by atoms with Crippen molar-refractivity contribution in [2.45, 2.75) is 39.4 Å². The molecule has 1 aliphatic rings. The first kappa shape index (κ1) is 12.9. The number of ether oxygens (including phenoxy) is 2. The van der Waals surface area contributed by atoms with E-state index in [1.807, 2.05) is 0 Å². The Morgan fingerprint density at radius 2 is 2.22 bits per heavy atom. The van der Waals surface area contributed by atoms with Gasteiger partial charge in [-0.2, -0.15) is 0 Å². The van der Waals surface area contributed by atoms with E-state index in [9.17, 15) is 9.90 Å². The molecule has 2 rings (SSSR count). The lowest BCUT2D eigenvalue weighted by molar-refractivity contribution is -0.106. The summed E-state index contributed by atoms with van der Waals surface area (Å²) in [5.74, 6) is 0.413. The van der Waals surface area contributed by atoms with E-state index in [1.54, 1.807) is 19.1 Å². The molecule has 1 fully saturated rings. The number of rotatable bonds is 3. The fraction of sp³-hybridized carbons (Fsp3) is 0.500. The van der Waals surface area contributed by atoms with Crippen molar-refractivity contribution in [2.75, 3.05) is 6.61 Å². The van der Waals surface area contributed by atoms with Crippen molar-refractivity contribution in [1.29, 1.82) is 0 Å². The number of benzene rings is 1. The molecule has 98 valence electrons. The molecule has 0 saturated carbocycles. The number of phenols is 1. The molecule has 1 atom stereocenters. The number of phenolic OH excluding ortho intramolecular Hbond substituents is 1. The fourth-order valence-corrected chi connectivity index (χ4v) is 2.04. The van der Waals surface area contributed by atoms with Gasteiger partial charge < -0.3 is 14.6 Å². The summed E-state index contributed by atoms with van der Waals surface area (Å²) >= 11 is 0. The lowest BCUT2D eigenvalue weighted by atomic mass is 10.1. The first-order valence-electron chi connectivity index (χ1n) is 6.21. The van der Waals surface area contributed by atoms with Gasteiger partial charge in [0, 0.05) is 12.0 Å². The molecular weight excluding hydrogens is 232 g/mol. The molecule has 4 heteroatoms. The Bertz CT molecular complexity index is 447. The van der Waals surface area contributed by atoms with Gasteiger partial charge in [-0.25, -0.2) is 0 Å². The van der Waals surface area contributed by atoms with Crippen LogP contribution in [0.5, 0.6) is 11.5 Å². The van der Waals surface area contributed by atoms with E-state index >= 15 is 0 Å². The van der Waals surface area contributed by atoms with Gasteiger partial charge >= 0.3 is 0 Å². The average molecular weight is 250 g/mol. The average Bonchev–Trinajstić information content (AvgIpc) is 2.36. The summed E-state index contributed by atoms with van der Waals surface area (Å²) in [5.41, 5.74) is 0.904. The van der Waals surface area contributed by atoms with Crippen molar-refractivity contribution < 1.29 is 19.4 Å². The summed E-state index contributed by atoms with van der Waals surface area (Å²) in [4.78, 5) is 11.3. The maximum absolute atomic E-state index is 11.3. The van der Waals surface area contributed by atoms with E-state index in [0.717, 1.165) is 19.3 Å². The third-order valence-corrected chi connectivity index (χ3v) is 3.16. The van der Waals surface area contributed by atoms with Gasteiger partial charge in [0.15, 0.2) is 12.1 Å². The first-order chi connectivity index (χ1) is 8.59. The van der Waals surface area contributed by atoms with Crippen LogP contribution in [0.25, 0.3) is 0 Å². The van der Waals surface area contributed by atoms with E-state index in [2.05, 4.69) is 0 Å². The highest BCUT2D eigenvalue weighted by Gasteiger charge is 2.18. The summed E-state index contributed by atoms with van der Waals surface area (Å²) < 4.78 is 11.2. The summed E-state index contributed by atoms with van der Waals surface area (Å²) in [6.45, 7) is 3.88. The Morgan fingerprint density at radius 1 is 1.44 bits per heavy atom. The van der Waals surface area contributed by atoms with Crippen molar-refractivity contribution in [3.8, 4) is 11.5 Å². The number of ketones is 1. The van der Waals surface area contributed by atoms with Gasteiger partial charge in [-0.1, -0.05) is 0 Å². The minimum absolute atomic E-state index is 0.00388. The van der Waals surface area contributed by atoms with Crippen molar-refractivity contribution in [3.05, 3.63) is 23.3 Å². The van der Waals surface area contributed by atoms with E-state index in [4.69, 9.17) is 9.47 Å². The van der Waals surface area contributed by atoms with Crippen LogP contribution in [0, 0.1) is 6.92 Å². The van der Waals surface area contributed by atoms with Crippen LogP contribution in [0.3, 0.4) is 0 Å². The van der Waals surface area contributed by atoms with Crippen LogP contribution in [0.15, 0.2) is 12.1 Å². The third kappa shape index (κ3) is 2.64. The second-order valence-electron chi connectivity index (χ2n) is 4.56. The predicted octanol–water partition coefficient (Wildman–Crippen LogP) is 2.81. The van der Waals surface area contributed by atoms with Crippen molar-refractivity contribution in [2.24, 2.45) is 0 Å². The number of Topliss-reactive ketones (excluding diaryl/α,β-unsaturated/α-hetero) is 1. The maximum atomic E-state index is 11.3. The Balaban J connectivity index is 2.18. The molecule has 1 aliphatic heterocycles. The highest BCUT2D eigenvalue weighted by molar-refractivity contribution is 5.97. The smallest absolute Gasteiger partial charge is 0.199 e. The van der Waals surface area contributed by atoms with Crippen molar-refractivity contribution >= 4 is 5.78 Å². The topological polar surface area (TPSA) is 55.8 Å². The molecule has 1 saturated heterocycles. The molecule has 4 nitrogen and oxygen atoms in total. The van der Waals surface area contributed by atoms with E-state index in [0.29, 0.717) is 23.5 Å². The van der Waals surface area contributed by atoms with E-state index in [-0.39, 0.29) is 17.8 Å². The van der Waals surface area contributed by atoms with Crippen LogP contribution in [-0.2, 0) is 4.74 Å². The normalized spacial score (nSPS) is 19.6. The van der Waals surface area contributed by atoms with Crippen LogP contribution in [-0.4, -0.2) is 23.8 Å². The SMILES string of the molecule is CC(=O)c1ccc(OC2CCCCO2)c(C)c1O. The molecule has 1 N–H and O–H groups in total. The van der Waals surface area contributed by atoms with Gasteiger partial charge in [0.2, 0.25) is 0 Å². The molecule has 0 amide bonds. The Morgan fingerprint density at radius 3 is 2.83 bits per heavy atom. The Kier molecular flexibility index (Phi) is 3.87. The number of aromatic hydroxyl groups is 1. The van der Waals surface area contributed by atoms with Crippen molar-refractivity contribution in [1.82, 2.24) is 0 Å². The Labute approximate surface area is 107 Å².